The Morgan fingerprint density at radius 3 is 2.64 bits per heavy atom. The van der Waals surface area contributed by atoms with Crippen LogP contribution in [0.2, 0.25) is 0 Å². The number of aliphatic hydroxyl groups excluding tert-OH is 1. The van der Waals surface area contributed by atoms with Gasteiger partial charge in [-0.2, -0.15) is 0 Å². The summed E-state index contributed by atoms with van der Waals surface area (Å²) in [6, 6.07) is 3.72. The van der Waals surface area contributed by atoms with Crippen molar-refractivity contribution in [3.05, 3.63) is 23.7 Å². The average Bonchev–Trinajstić information content (AvgIpc) is 3.30. The molecule has 6 nitrogen and oxygen atoms in total. The molecule has 3 aliphatic heterocycles. The zero-order valence-electron chi connectivity index (χ0n) is 14.8. The van der Waals surface area contributed by atoms with Crippen molar-refractivity contribution < 1.29 is 19.1 Å². The Bertz CT molecular complexity index is 600. The van der Waals surface area contributed by atoms with Crippen molar-refractivity contribution in [1.29, 1.82) is 0 Å². The summed E-state index contributed by atoms with van der Waals surface area (Å²) in [7, 11) is 0. The van der Waals surface area contributed by atoms with E-state index < -0.39 is 11.7 Å². The molecule has 0 aromatic carbocycles. The van der Waals surface area contributed by atoms with Gasteiger partial charge in [0.2, 0.25) is 0 Å². The SMILES string of the molecule is O=C(c1ccc(CN2CCCC2)o1)N1CCC2(CC1)OCCC[C@H]2O. The van der Waals surface area contributed by atoms with Crippen molar-refractivity contribution in [2.45, 2.75) is 56.8 Å². The van der Waals surface area contributed by atoms with Crippen LogP contribution in [0, 0.1) is 0 Å². The minimum atomic E-state index is -0.445. The number of nitrogens with zero attached hydrogens (tertiary/aromatic N) is 2. The van der Waals surface area contributed by atoms with Gasteiger partial charge in [-0.3, -0.25) is 9.69 Å². The van der Waals surface area contributed by atoms with Crippen molar-refractivity contribution >= 4 is 5.91 Å². The van der Waals surface area contributed by atoms with Crippen LogP contribution in [0.5, 0.6) is 0 Å². The fourth-order valence-electron chi connectivity index (χ4n) is 4.37. The first-order valence-corrected chi connectivity index (χ1v) is 9.59. The molecule has 0 aliphatic carbocycles. The molecule has 25 heavy (non-hydrogen) atoms. The Balaban J connectivity index is 1.35. The Labute approximate surface area is 148 Å². The van der Waals surface area contributed by atoms with Gasteiger partial charge in [0, 0.05) is 19.7 Å². The molecule has 4 heterocycles. The topological polar surface area (TPSA) is 66.2 Å². The van der Waals surface area contributed by atoms with Crippen LogP contribution in [0.4, 0.5) is 0 Å². The van der Waals surface area contributed by atoms with E-state index in [0.717, 1.165) is 38.2 Å². The molecular weight excluding hydrogens is 320 g/mol. The maximum absolute atomic E-state index is 12.7. The normalized spacial score (nSPS) is 27.1. The second-order valence-corrected chi connectivity index (χ2v) is 7.61. The third kappa shape index (κ3) is 3.48. The lowest BCUT2D eigenvalue weighted by atomic mass is 9.82. The number of hydrogen-bond acceptors (Lipinski definition) is 5. The quantitative estimate of drug-likeness (QED) is 0.905. The Morgan fingerprint density at radius 2 is 1.92 bits per heavy atom. The number of rotatable bonds is 3. The van der Waals surface area contributed by atoms with Gasteiger partial charge in [-0.15, -0.1) is 0 Å². The van der Waals surface area contributed by atoms with Crippen molar-refractivity contribution in [2.24, 2.45) is 0 Å². The van der Waals surface area contributed by atoms with Gasteiger partial charge in [0.05, 0.1) is 18.2 Å². The van der Waals surface area contributed by atoms with E-state index in [4.69, 9.17) is 9.15 Å². The predicted molar refractivity (Wildman–Crippen MR) is 92.3 cm³/mol. The highest BCUT2D eigenvalue weighted by Crippen LogP contribution is 2.35. The lowest BCUT2D eigenvalue weighted by Gasteiger charge is -2.46. The number of carbonyl (C=O) groups excluding carboxylic acids is 1. The minimum Gasteiger partial charge on any atom is -0.455 e. The first-order chi connectivity index (χ1) is 12.2. The monoisotopic (exact) mass is 348 g/mol. The third-order valence-corrected chi connectivity index (χ3v) is 5.97. The van der Waals surface area contributed by atoms with Crippen molar-refractivity contribution in [3.8, 4) is 0 Å². The molecule has 0 radical (unpaired) electrons. The fourth-order valence-corrected chi connectivity index (χ4v) is 4.37. The number of aliphatic hydroxyl groups is 1. The Kier molecular flexibility index (Phi) is 4.84. The molecule has 3 fully saturated rings. The van der Waals surface area contributed by atoms with Gasteiger partial charge in [0.1, 0.15) is 5.76 Å². The standard InChI is InChI=1S/C19H28N2O4/c22-17-4-3-13-24-19(17)7-11-21(12-8-19)18(23)16-6-5-15(25-16)14-20-9-1-2-10-20/h5-6,17,22H,1-4,7-14H2/t17-/m1/s1. The molecule has 1 atom stereocenters. The molecule has 0 saturated carbocycles. The van der Waals surface area contributed by atoms with Crippen LogP contribution < -0.4 is 0 Å². The summed E-state index contributed by atoms with van der Waals surface area (Å²) in [6.07, 6.45) is 5.19. The summed E-state index contributed by atoms with van der Waals surface area (Å²) in [6.45, 7) is 4.94. The predicted octanol–water partition coefficient (Wildman–Crippen LogP) is 2.02. The van der Waals surface area contributed by atoms with Crippen molar-refractivity contribution in [1.82, 2.24) is 9.80 Å². The van der Waals surface area contributed by atoms with Crippen LogP contribution in [0.15, 0.2) is 16.5 Å². The Hall–Kier alpha value is -1.37. The maximum Gasteiger partial charge on any atom is 0.289 e. The highest BCUT2D eigenvalue weighted by molar-refractivity contribution is 5.91. The molecule has 0 unspecified atom stereocenters. The lowest BCUT2D eigenvalue weighted by Crippen LogP contribution is -2.56. The van der Waals surface area contributed by atoms with E-state index in [0.29, 0.717) is 38.3 Å². The van der Waals surface area contributed by atoms with Crippen molar-refractivity contribution in [3.63, 3.8) is 0 Å². The van der Waals surface area contributed by atoms with E-state index in [1.54, 1.807) is 6.07 Å². The maximum atomic E-state index is 12.7. The van der Waals surface area contributed by atoms with E-state index in [-0.39, 0.29) is 5.91 Å². The summed E-state index contributed by atoms with van der Waals surface area (Å²) in [5.74, 6) is 1.24. The molecule has 1 N–H and O–H groups in total. The molecule has 1 aromatic heterocycles. The number of likely N-dealkylation sites (tertiary alicyclic amines) is 2. The van der Waals surface area contributed by atoms with E-state index in [2.05, 4.69) is 4.90 Å². The number of piperidine rings is 1. The molecule has 3 aliphatic rings. The molecule has 4 rings (SSSR count). The van der Waals surface area contributed by atoms with Crippen LogP contribution in [-0.4, -0.2) is 65.3 Å². The molecule has 6 heteroatoms. The van der Waals surface area contributed by atoms with Gasteiger partial charge in [0.25, 0.3) is 5.91 Å². The number of furan rings is 1. The van der Waals surface area contributed by atoms with E-state index in [9.17, 15) is 9.90 Å². The third-order valence-electron chi connectivity index (χ3n) is 5.97. The summed E-state index contributed by atoms with van der Waals surface area (Å²) in [5.41, 5.74) is -0.445. The number of carbonyl (C=O) groups is 1. The largest absolute Gasteiger partial charge is 0.455 e. The van der Waals surface area contributed by atoms with Crippen LogP contribution in [0.1, 0.15) is 54.8 Å². The second kappa shape index (κ2) is 7.09. The van der Waals surface area contributed by atoms with E-state index in [1.165, 1.54) is 12.8 Å². The Morgan fingerprint density at radius 1 is 1.16 bits per heavy atom. The number of amides is 1. The number of ether oxygens (including phenoxy) is 1. The second-order valence-electron chi connectivity index (χ2n) is 7.61. The van der Waals surface area contributed by atoms with Gasteiger partial charge < -0.3 is 19.2 Å². The smallest absolute Gasteiger partial charge is 0.289 e. The molecule has 1 aromatic rings. The summed E-state index contributed by atoms with van der Waals surface area (Å²) >= 11 is 0. The first kappa shape index (κ1) is 17.1. The van der Waals surface area contributed by atoms with Crippen LogP contribution >= 0.6 is 0 Å². The molecule has 1 spiro atoms. The van der Waals surface area contributed by atoms with Crippen molar-refractivity contribution in [2.75, 3.05) is 32.8 Å². The zero-order valence-corrected chi connectivity index (χ0v) is 14.8. The molecule has 0 bridgehead atoms. The van der Waals surface area contributed by atoms with Crippen LogP contribution in [-0.2, 0) is 11.3 Å². The minimum absolute atomic E-state index is 0.0483. The van der Waals surface area contributed by atoms with E-state index >= 15 is 0 Å². The van der Waals surface area contributed by atoms with E-state index in [1.807, 2.05) is 11.0 Å². The van der Waals surface area contributed by atoms with Crippen LogP contribution in [0.25, 0.3) is 0 Å². The van der Waals surface area contributed by atoms with Gasteiger partial charge in [0.15, 0.2) is 5.76 Å². The average molecular weight is 348 g/mol. The van der Waals surface area contributed by atoms with Gasteiger partial charge in [-0.25, -0.2) is 0 Å². The zero-order chi connectivity index (χ0) is 17.3. The molecule has 138 valence electrons. The van der Waals surface area contributed by atoms with Gasteiger partial charge in [-0.1, -0.05) is 0 Å². The summed E-state index contributed by atoms with van der Waals surface area (Å²) in [4.78, 5) is 16.9. The summed E-state index contributed by atoms with van der Waals surface area (Å²) < 4.78 is 11.7. The molecular formula is C19H28N2O4. The van der Waals surface area contributed by atoms with Gasteiger partial charge in [-0.05, 0) is 63.7 Å². The summed E-state index contributed by atoms with van der Waals surface area (Å²) in [5, 5.41) is 10.3. The number of hydrogen-bond donors (Lipinski definition) is 1. The lowest BCUT2D eigenvalue weighted by molar-refractivity contribution is -0.174. The molecule has 3 saturated heterocycles. The van der Waals surface area contributed by atoms with Gasteiger partial charge >= 0.3 is 0 Å². The fraction of sp³-hybridized carbons (Fsp3) is 0.737. The molecule has 1 amide bonds. The first-order valence-electron chi connectivity index (χ1n) is 9.59. The highest BCUT2D eigenvalue weighted by atomic mass is 16.5. The van der Waals surface area contributed by atoms with Crippen LogP contribution in [0.3, 0.4) is 0 Å². The highest BCUT2D eigenvalue weighted by Gasteiger charge is 2.44.